The highest BCUT2D eigenvalue weighted by atomic mass is 16.6. The van der Waals surface area contributed by atoms with E-state index in [1.807, 2.05) is 86.6 Å². The maximum absolute atomic E-state index is 11.8. The molecular formula is C27H34N2O5. The van der Waals surface area contributed by atoms with Gasteiger partial charge in [0.2, 0.25) is 0 Å². The fraction of sp³-hybridized carbons (Fsp3) is 0.481. The van der Waals surface area contributed by atoms with Crippen molar-refractivity contribution in [2.75, 3.05) is 14.1 Å². The van der Waals surface area contributed by atoms with Crippen LogP contribution in [0.15, 0.2) is 65.7 Å². The first kappa shape index (κ1) is 24.2. The highest BCUT2D eigenvalue weighted by Gasteiger charge is 2.52. The molecule has 0 N–H and O–H groups in total. The molecular weight excluding hydrogens is 432 g/mol. The zero-order valence-corrected chi connectivity index (χ0v) is 20.3. The van der Waals surface area contributed by atoms with Crippen molar-refractivity contribution in [3.05, 3.63) is 71.8 Å². The molecule has 2 aromatic carbocycles. The molecule has 6 atom stereocenters. The molecule has 1 aliphatic carbocycles. The van der Waals surface area contributed by atoms with Gasteiger partial charge in [-0.3, -0.25) is 4.79 Å². The van der Waals surface area contributed by atoms with Crippen LogP contribution < -0.4 is 0 Å². The Bertz CT molecular complexity index is 966. The molecule has 1 heterocycles. The van der Waals surface area contributed by atoms with Gasteiger partial charge >= 0.3 is 5.97 Å². The molecule has 0 saturated heterocycles. The summed E-state index contributed by atoms with van der Waals surface area (Å²) in [5, 5.41) is 0. The molecule has 1 saturated carbocycles. The van der Waals surface area contributed by atoms with Gasteiger partial charge in [0.05, 0.1) is 19.3 Å². The van der Waals surface area contributed by atoms with Crippen molar-refractivity contribution in [2.24, 2.45) is 10.9 Å². The average Bonchev–Trinajstić information content (AvgIpc) is 3.26. The lowest BCUT2D eigenvalue weighted by molar-refractivity contribution is -0.181. The molecule has 1 fully saturated rings. The van der Waals surface area contributed by atoms with Gasteiger partial charge < -0.3 is 23.8 Å². The van der Waals surface area contributed by atoms with Crippen molar-refractivity contribution in [3.8, 4) is 0 Å². The summed E-state index contributed by atoms with van der Waals surface area (Å²) in [6, 6.07) is 20.5. The number of esters is 1. The molecule has 2 aromatic rings. The molecule has 0 radical (unpaired) electrons. The number of fused-ring (bicyclic) bond motifs is 1. The van der Waals surface area contributed by atoms with E-state index < -0.39 is 0 Å². The van der Waals surface area contributed by atoms with Gasteiger partial charge in [0.15, 0.2) is 0 Å². The maximum Gasteiger partial charge on any atom is 0.302 e. The summed E-state index contributed by atoms with van der Waals surface area (Å²) >= 11 is 0. The number of hydrogen-bond acceptors (Lipinski definition) is 7. The summed E-state index contributed by atoms with van der Waals surface area (Å²) in [5.74, 6) is -0.415. The molecule has 1 unspecified atom stereocenters. The SMILES string of the molecule is CC(=O)OC(C)[C@H]1C[C@@H]2OC(N(C)C)=N[C@@H]2[C@@H](OCc2ccccc2)[C@@H]1OCc1ccccc1. The van der Waals surface area contributed by atoms with E-state index in [0.29, 0.717) is 25.7 Å². The second-order valence-corrected chi connectivity index (χ2v) is 9.19. The third-order valence-corrected chi connectivity index (χ3v) is 6.39. The fourth-order valence-corrected chi connectivity index (χ4v) is 4.73. The minimum absolute atomic E-state index is 0.105. The maximum atomic E-state index is 11.8. The second kappa shape index (κ2) is 11.0. The molecule has 4 rings (SSSR count). The molecule has 7 nitrogen and oxygen atoms in total. The van der Waals surface area contributed by atoms with Crippen molar-refractivity contribution in [2.45, 2.75) is 63.9 Å². The number of rotatable bonds is 8. The Labute approximate surface area is 201 Å². The van der Waals surface area contributed by atoms with Crippen LogP contribution in [0.5, 0.6) is 0 Å². The van der Waals surface area contributed by atoms with Crippen molar-refractivity contribution in [1.82, 2.24) is 4.90 Å². The van der Waals surface area contributed by atoms with E-state index in [1.165, 1.54) is 6.92 Å². The number of nitrogens with zero attached hydrogens (tertiary/aromatic N) is 2. The Morgan fingerprint density at radius 1 is 1.00 bits per heavy atom. The summed E-state index contributed by atoms with van der Waals surface area (Å²) in [6.45, 7) is 4.22. The number of amidine groups is 1. The average molecular weight is 467 g/mol. The van der Waals surface area contributed by atoms with Crippen LogP contribution in [-0.2, 0) is 37.0 Å². The number of carbonyl (C=O) groups excluding carboxylic acids is 1. The summed E-state index contributed by atoms with van der Waals surface area (Å²) in [5.41, 5.74) is 2.15. The van der Waals surface area contributed by atoms with Gasteiger partial charge in [-0.1, -0.05) is 60.7 Å². The number of ether oxygens (including phenoxy) is 4. The van der Waals surface area contributed by atoms with Gasteiger partial charge in [0, 0.05) is 26.9 Å². The van der Waals surface area contributed by atoms with Crippen LogP contribution >= 0.6 is 0 Å². The van der Waals surface area contributed by atoms with Gasteiger partial charge in [-0.25, -0.2) is 4.99 Å². The van der Waals surface area contributed by atoms with E-state index >= 15 is 0 Å². The van der Waals surface area contributed by atoms with Gasteiger partial charge in [0.25, 0.3) is 6.02 Å². The van der Waals surface area contributed by atoms with Gasteiger partial charge in [-0.05, 0) is 24.5 Å². The zero-order chi connectivity index (χ0) is 24.1. The predicted molar refractivity (Wildman–Crippen MR) is 129 cm³/mol. The standard InChI is InChI=1S/C27H34N2O5/c1-18(33-19(2)30)22-15-23-24(28-27(34-23)29(3)4)26(32-17-21-13-9-6-10-14-21)25(22)31-16-20-11-7-5-8-12-20/h5-14,18,22-26H,15-17H2,1-4H3/t18?,22-,23+,24+,25-,26-/m1/s1. The van der Waals surface area contributed by atoms with Crippen LogP contribution in [0.2, 0.25) is 0 Å². The van der Waals surface area contributed by atoms with Crippen molar-refractivity contribution >= 4 is 12.0 Å². The van der Waals surface area contributed by atoms with Crippen LogP contribution in [0.4, 0.5) is 0 Å². The van der Waals surface area contributed by atoms with E-state index in [1.54, 1.807) is 0 Å². The van der Waals surface area contributed by atoms with E-state index in [4.69, 9.17) is 23.9 Å². The number of hydrogen-bond donors (Lipinski definition) is 0. The van der Waals surface area contributed by atoms with Crippen molar-refractivity contribution < 1.29 is 23.7 Å². The smallest absolute Gasteiger partial charge is 0.302 e. The number of carbonyl (C=O) groups is 1. The Kier molecular flexibility index (Phi) is 7.85. The summed E-state index contributed by atoms with van der Waals surface area (Å²) in [7, 11) is 3.83. The Morgan fingerprint density at radius 2 is 1.56 bits per heavy atom. The number of benzene rings is 2. The largest absolute Gasteiger partial charge is 0.462 e. The quantitative estimate of drug-likeness (QED) is 0.551. The Hall–Kier alpha value is -2.90. The second-order valence-electron chi connectivity index (χ2n) is 9.19. The van der Waals surface area contributed by atoms with Gasteiger partial charge in [-0.2, -0.15) is 0 Å². The van der Waals surface area contributed by atoms with Crippen LogP contribution in [0.3, 0.4) is 0 Å². The fourth-order valence-electron chi connectivity index (χ4n) is 4.73. The highest BCUT2D eigenvalue weighted by molar-refractivity contribution is 5.75. The number of aliphatic imine (C=N–C) groups is 1. The van der Waals surface area contributed by atoms with Crippen LogP contribution in [0.25, 0.3) is 0 Å². The van der Waals surface area contributed by atoms with Gasteiger partial charge in [-0.15, -0.1) is 0 Å². The molecule has 1 aliphatic heterocycles. The summed E-state index contributed by atoms with van der Waals surface area (Å²) in [4.78, 5) is 18.5. The molecule has 0 aromatic heterocycles. The topological polar surface area (TPSA) is 69.6 Å². The Balaban J connectivity index is 1.63. The first-order valence-corrected chi connectivity index (χ1v) is 11.8. The van der Waals surface area contributed by atoms with Crippen molar-refractivity contribution in [3.63, 3.8) is 0 Å². The molecule has 2 aliphatic rings. The summed E-state index contributed by atoms with van der Waals surface area (Å²) in [6.07, 6.45) is -0.548. The normalized spacial score (nSPS) is 26.7. The monoisotopic (exact) mass is 466 g/mol. The lowest BCUT2D eigenvalue weighted by atomic mass is 9.77. The Morgan fingerprint density at radius 3 is 2.09 bits per heavy atom. The minimum atomic E-state index is -0.358. The van der Waals surface area contributed by atoms with Crippen molar-refractivity contribution in [1.29, 1.82) is 0 Å². The highest BCUT2D eigenvalue weighted by Crippen LogP contribution is 2.39. The van der Waals surface area contributed by atoms with E-state index in [2.05, 4.69) is 0 Å². The van der Waals surface area contributed by atoms with Crippen LogP contribution in [-0.4, -0.2) is 61.4 Å². The third kappa shape index (κ3) is 5.77. The molecule has 182 valence electrons. The third-order valence-electron chi connectivity index (χ3n) is 6.39. The lowest BCUT2D eigenvalue weighted by Crippen LogP contribution is -2.56. The van der Waals surface area contributed by atoms with E-state index in [9.17, 15) is 4.79 Å². The minimum Gasteiger partial charge on any atom is -0.462 e. The van der Waals surface area contributed by atoms with E-state index in [0.717, 1.165) is 11.1 Å². The van der Waals surface area contributed by atoms with E-state index in [-0.39, 0.29) is 42.3 Å². The first-order chi connectivity index (χ1) is 16.4. The summed E-state index contributed by atoms with van der Waals surface area (Å²) < 4.78 is 24.9. The van der Waals surface area contributed by atoms with Gasteiger partial charge in [0.1, 0.15) is 24.4 Å². The molecule has 0 amide bonds. The molecule has 34 heavy (non-hydrogen) atoms. The van der Waals surface area contributed by atoms with Crippen LogP contribution in [0.1, 0.15) is 31.4 Å². The molecule has 0 spiro atoms. The molecule has 0 bridgehead atoms. The van der Waals surface area contributed by atoms with Crippen LogP contribution in [0, 0.1) is 5.92 Å². The lowest BCUT2D eigenvalue weighted by Gasteiger charge is -2.44. The zero-order valence-electron chi connectivity index (χ0n) is 20.3. The first-order valence-electron chi connectivity index (χ1n) is 11.8. The molecule has 7 heteroatoms. The predicted octanol–water partition coefficient (Wildman–Crippen LogP) is 3.81.